The first-order valence-electron chi connectivity index (χ1n) is 20.7. The van der Waals surface area contributed by atoms with Crippen molar-refractivity contribution >= 4 is 47.0 Å². The minimum atomic E-state index is -1.28. The van der Waals surface area contributed by atoms with Crippen molar-refractivity contribution in [1.29, 1.82) is 0 Å². The van der Waals surface area contributed by atoms with Gasteiger partial charge in [0, 0.05) is 97.3 Å². The van der Waals surface area contributed by atoms with Gasteiger partial charge in [-0.2, -0.15) is 0 Å². The maximum absolute atomic E-state index is 12.3. The summed E-state index contributed by atoms with van der Waals surface area (Å²) in [7, 11) is 0. The van der Waals surface area contributed by atoms with Crippen LogP contribution in [0.1, 0.15) is 75.7 Å². The number of aromatic nitrogens is 2. The van der Waals surface area contributed by atoms with E-state index in [0.717, 1.165) is 60.9 Å². The van der Waals surface area contributed by atoms with Gasteiger partial charge in [0.2, 0.25) is 5.95 Å². The zero-order valence-corrected chi connectivity index (χ0v) is 36.4. The molecule has 2 N–H and O–H groups in total. The summed E-state index contributed by atoms with van der Waals surface area (Å²) in [5, 5.41) is 12.9. The van der Waals surface area contributed by atoms with E-state index in [1.165, 1.54) is 27.7 Å². The molecule has 0 amide bonds. The van der Waals surface area contributed by atoms with Gasteiger partial charge in [0.15, 0.2) is 24.6 Å². The van der Waals surface area contributed by atoms with E-state index in [9.17, 15) is 24.3 Å². The lowest BCUT2D eigenvalue weighted by Crippen LogP contribution is -2.62. The minimum absolute atomic E-state index is 0.0194. The molecule has 62 heavy (non-hydrogen) atoms. The summed E-state index contributed by atoms with van der Waals surface area (Å²) in [6.07, 6.45) is -3.29. The first-order chi connectivity index (χ1) is 29.8. The van der Waals surface area contributed by atoms with Crippen LogP contribution in [0.3, 0.4) is 0 Å². The standard InChI is InChI=1S/C44H55N5O12S/c1-26-36(23-48-17-19-49(20-18-48)44-45-15-6-16-46-44)60-43(61-39(26)33-11-9-32(24-50)10-12-33)34-13-7-31(8-14-34)22-47-38(62)21-35-40(56-28(3)52)42(58-30(5)54)41(57-29(4)53)37(59-35)25-55-27(2)51/h6-16,26,35-37,39-43,50H,17-25H2,1-5H3,(H,47,62). The highest BCUT2D eigenvalue weighted by Gasteiger charge is 2.52. The smallest absolute Gasteiger partial charge is 0.303 e. The molecule has 1 aromatic heterocycles. The largest absolute Gasteiger partial charge is 0.463 e. The molecule has 3 saturated heterocycles. The van der Waals surface area contributed by atoms with E-state index in [1.54, 1.807) is 12.4 Å². The second kappa shape index (κ2) is 21.8. The second-order valence-electron chi connectivity index (χ2n) is 15.6. The third-order valence-electron chi connectivity index (χ3n) is 11.0. The molecule has 0 saturated carbocycles. The number of nitrogens with one attached hydrogen (secondary N) is 1. The average Bonchev–Trinajstić information content (AvgIpc) is 3.25. The van der Waals surface area contributed by atoms with Gasteiger partial charge in [-0.25, -0.2) is 9.97 Å². The molecule has 0 aliphatic carbocycles. The molecule has 4 heterocycles. The second-order valence-corrected chi connectivity index (χ2v) is 16.1. The number of aliphatic hydroxyl groups is 1. The number of nitrogens with zero attached hydrogens (tertiary/aromatic N) is 4. The van der Waals surface area contributed by atoms with Crippen molar-refractivity contribution in [2.24, 2.45) is 5.92 Å². The molecule has 334 valence electrons. The number of carbonyl (C=O) groups is 4. The molecule has 3 aliphatic heterocycles. The number of rotatable bonds is 15. The number of esters is 4. The molecule has 0 bridgehead atoms. The number of thiocarbonyl (C=S) groups is 1. The Hall–Kier alpha value is -5.11. The van der Waals surface area contributed by atoms with E-state index in [2.05, 4.69) is 32.0 Å². The molecule has 9 atom stereocenters. The maximum Gasteiger partial charge on any atom is 0.303 e. The van der Waals surface area contributed by atoms with Crippen LogP contribution in [-0.2, 0) is 65.5 Å². The highest BCUT2D eigenvalue weighted by Crippen LogP contribution is 2.42. The van der Waals surface area contributed by atoms with Gasteiger partial charge in [-0.3, -0.25) is 24.1 Å². The van der Waals surface area contributed by atoms with Crippen molar-refractivity contribution in [2.45, 2.75) is 103 Å². The van der Waals surface area contributed by atoms with Gasteiger partial charge in [0.05, 0.1) is 23.8 Å². The quantitative estimate of drug-likeness (QED) is 0.128. The molecule has 2 aromatic carbocycles. The fourth-order valence-electron chi connectivity index (χ4n) is 7.90. The Morgan fingerprint density at radius 2 is 1.32 bits per heavy atom. The topological polar surface area (TPSA) is 197 Å². The van der Waals surface area contributed by atoms with E-state index in [-0.39, 0.29) is 37.8 Å². The normalized spacial score (nSPS) is 26.5. The maximum atomic E-state index is 12.3. The molecule has 18 heteroatoms. The van der Waals surface area contributed by atoms with Crippen molar-refractivity contribution in [2.75, 3.05) is 44.2 Å². The lowest BCUT2D eigenvalue weighted by atomic mass is 9.90. The van der Waals surface area contributed by atoms with Crippen LogP contribution in [0, 0.1) is 5.92 Å². The summed E-state index contributed by atoms with van der Waals surface area (Å²) < 4.78 is 41.5. The fraction of sp³-hybridized carbons (Fsp3) is 0.523. The molecule has 6 rings (SSSR count). The highest BCUT2D eigenvalue weighted by molar-refractivity contribution is 7.80. The molecule has 0 spiro atoms. The molecule has 0 radical (unpaired) electrons. The number of anilines is 1. The minimum Gasteiger partial charge on any atom is -0.463 e. The SMILES string of the molecule is CC(=O)OCC1OC(CC(=S)NCc2ccc(C3OC(CN4CCN(c5ncccn5)CC4)C(C)C(c4ccc(CO)cc4)O3)cc2)C(OC(C)=O)C(OC(C)=O)C1OC(C)=O. The third kappa shape index (κ3) is 12.5. The number of hydrogen-bond acceptors (Lipinski definition) is 17. The first-order valence-corrected chi connectivity index (χ1v) is 21.1. The van der Waals surface area contributed by atoms with Gasteiger partial charge in [0.25, 0.3) is 0 Å². The van der Waals surface area contributed by atoms with Gasteiger partial charge < -0.3 is 48.5 Å². The summed E-state index contributed by atoms with van der Waals surface area (Å²) >= 11 is 5.72. The zero-order valence-electron chi connectivity index (χ0n) is 35.5. The number of hydrogen-bond donors (Lipinski definition) is 2. The van der Waals surface area contributed by atoms with Crippen LogP contribution in [0.5, 0.6) is 0 Å². The number of piperazine rings is 1. The average molecular weight is 878 g/mol. The van der Waals surface area contributed by atoms with E-state index in [0.29, 0.717) is 11.5 Å². The van der Waals surface area contributed by atoms with Crippen molar-refractivity contribution in [3.8, 4) is 0 Å². The van der Waals surface area contributed by atoms with Gasteiger partial charge in [-0.1, -0.05) is 67.7 Å². The van der Waals surface area contributed by atoms with E-state index in [4.69, 9.17) is 45.4 Å². The van der Waals surface area contributed by atoms with Gasteiger partial charge in [0.1, 0.15) is 18.8 Å². The van der Waals surface area contributed by atoms with E-state index < -0.39 is 60.7 Å². The van der Waals surface area contributed by atoms with Gasteiger partial charge in [-0.15, -0.1) is 0 Å². The molecule has 3 aromatic rings. The molecule has 3 fully saturated rings. The van der Waals surface area contributed by atoms with Gasteiger partial charge in [-0.05, 0) is 22.8 Å². The third-order valence-corrected chi connectivity index (χ3v) is 11.3. The molecule has 3 aliphatic rings. The summed E-state index contributed by atoms with van der Waals surface area (Å²) in [4.78, 5) is 62.1. The van der Waals surface area contributed by atoms with Crippen molar-refractivity contribution in [3.05, 3.63) is 89.2 Å². The van der Waals surface area contributed by atoms with Crippen molar-refractivity contribution in [3.63, 3.8) is 0 Å². The summed E-state index contributed by atoms with van der Waals surface area (Å²) in [5.41, 5.74) is 3.57. The summed E-state index contributed by atoms with van der Waals surface area (Å²) in [6.45, 7) is 10.9. The van der Waals surface area contributed by atoms with Crippen LogP contribution in [-0.4, -0.2) is 125 Å². The Morgan fingerprint density at radius 3 is 1.92 bits per heavy atom. The van der Waals surface area contributed by atoms with E-state index >= 15 is 0 Å². The predicted octanol–water partition coefficient (Wildman–Crippen LogP) is 3.52. The van der Waals surface area contributed by atoms with Crippen LogP contribution in [0.15, 0.2) is 67.0 Å². The highest BCUT2D eigenvalue weighted by atomic mass is 32.1. The van der Waals surface area contributed by atoms with E-state index in [1.807, 2.05) is 54.6 Å². The zero-order chi connectivity index (χ0) is 44.3. The number of carbonyl (C=O) groups excluding carboxylic acids is 4. The van der Waals surface area contributed by atoms with Crippen LogP contribution >= 0.6 is 12.2 Å². The van der Waals surface area contributed by atoms with Crippen LogP contribution in [0.25, 0.3) is 0 Å². The van der Waals surface area contributed by atoms with Crippen LogP contribution in [0.4, 0.5) is 5.95 Å². The Morgan fingerprint density at radius 1 is 0.742 bits per heavy atom. The molecular weight excluding hydrogens is 823 g/mol. The summed E-state index contributed by atoms with van der Waals surface area (Å²) in [6, 6.07) is 17.5. The molecular formula is C44H55N5O12S. The van der Waals surface area contributed by atoms with Crippen LogP contribution < -0.4 is 10.2 Å². The fourth-order valence-corrected chi connectivity index (χ4v) is 8.13. The molecule has 17 nitrogen and oxygen atoms in total. The van der Waals surface area contributed by atoms with Gasteiger partial charge >= 0.3 is 23.9 Å². The Bertz CT molecular complexity index is 1990. The number of ether oxygens (including phenoxy) is 7. The predicted molar refractivity (Wildman–Crippen MR) is 226 cm³/mol. The molecule has 9 unspecified atom stereocenters. The Balaban J connectivity index is 1.12. The number of aliphatic hydroxyl groups excluding tert-OH is 1. The monoisotopic (exact) mass is 877 g/mol. The van der Waals surface area contributed by atoms with Crippen molar-refractivity contribution < 1.29 is 57.4 Å². The number of benzene rings is 2. The Kier molecular flexibility index (Phi) is 16.3. The summed E-state index contributed by atoms with van der Waals surface area (Å²) in [5.74, 6) is -1.95. The lowest BCUT2D eigenvalue weighted by molar-refractivity contribution is -0.276. The Labute approximate surface area is 366 Å². The van der Waals surface area contributed by atoms with Crippen molar-refractivity contribution in [1.82, 2.24) is 20.2 Å². The first kappa shape index (κ1) is 46.4. The lowest BCUT2D eigenvalue weighted by Gasteiger charge is -2.44. The van der Waals surface area contributed by atoms with Crippen LogP contribution in [0.2, 0.25) is 0 Å².